The van der Waals surface area contributed by atoms with Crippen molar-refractivity contribution in [1.82, 2.24) is 9.88 Å². The second-order valence-electron chi connectivity index (χ2n) is 7.85. The highest BCUT2D eigenvalue weighted by molar-refractivity contribution is 5.82. The molecule has 1 fully saturated rings. The van der Waals surface area contributed by atoms with Crippen LogP contribution in [0.25, 0.3) is 11.1 Å². The molecule has 29 heavy (non-hydrogen) atoms. The van der Waals surface area contributed by atoms with Crippen LogP contribution in [0.3, 0.4) is 0 Å². The molecule has 1 saturated heterocycles. The van der Waals surface area contributed by atoms with Crippen molar-refractivity contribution < 1.29 is 9.18 Å². The predicted octanol–water partition coefficient (Wildman–Crippen LogP) is 3.81. The van der Waals surface area contributed by atoms with Crippen molar-refractivity contribution in [2.45, 2.75) is 19.4 Å². The molecule has 1 unspecified atom stereocenters. The number of pyridine rings is 1. The number of amides is 1. The van der Waals surface area contributed by atoms with Gasteiger partial charge in [0.25, 0.3) is 0 Å². The fourth-order valence-electron chi connectivity index (χ4n) is 4.22. The molecular formula is C24H24FN3O. The molecule has 0 aliphatic carbocycles. The minimum Gasteiger partial charge on any atom is -0.369 e. The lowest BCUT2D eigenvalue weighted by Crippen LogP contribution is -2.41. The SMILES string of the molecule is NC(=O)C1(Cc2cccc(-c3ccncc3)c2)CCN(Cc2cccc(F)c2)C1. The molecule has 0 bridgehead atoms. The molecule has 1 aromatic heterocycles. The first-order valence-electron chi connectivity index (χ1n) is 9.80. The lowest BCUT2D eigenvalue weighted by Gasteiger charge is -2.26. The summed E-state index contributed by atoms with van der Waals surface area (Å²) in [6.07, 6.45) is 4.85. The van der Waals surface area contributed by atoms with Gasteiger partial charge in [-0.3, -0.25) is 14.7 Å². The first kappa shape index (κ1) is 19.3. The van der Waals surface area contributed by atoms with E-state index in [0.29, 0.717) is 25.9 Å². The van der Waals surface area contributed by atoms with Gasteiger partial charge in [0.1, 0.15) is 5.82 Å². The molecule has 1 atom stereocenters. The van der Waals surface area contributed by atoms with Gasteiger partial charge >= 0.3 is 0 Å². The number of hydrogen-bond donors (Lipinski definition) is 1. The minimum absolute atomic E-state index is 0.240. The Bertz CT molecular complexity index is 1010. The van der Waals surface area contributed by atoms with Crippen molar-refractivity contribution in [3.05, 3.63) is 90.0 Å². The van der Waals surface area contributed by atoms with Crippen LogP contribution in [0.1, 0.15) is 17.5 Å². The number of benzene rings is 2. The van der Waals surface area contributed by atoms with Gasteiger partial charge < -0.3 is 5.73 Å². The number of halogens is 1. The maximum absolute atomic E-state index is 13.5. The number of nitrogens with two attached hydrogens (primary N) is 1. The summed E-state index contributed by atoms with van der Waals surface area (Å²) in [5, 5.41) is 0. The molecule has 148 valence electrons. The van der Waals surface area contributed by atoms with Crippen LogP contribution < -0.4 is 5.73 Å². The molecule has 1 amide bonds. The van der Waals surface area contributed by atoms with Crippen LogP contribution in [-0.4, -0.2) is 28.9 Å². The van der Waals surface area contributed by atoms with Gasteiger partial charge in [0.15, 0.2) is 0 Å². The van der Waals surface area contributed by atoms with Crippen LogP contribution in [0.4, 0.5) is 4.39 Å². The Balaban J connectivity index is 1.52. The standard InChI is InChI=1S/C24H24FN3O/c25-22-6-2-4-19(14-22)16-28-12-9-24(17-28,23(26)29)15-18-3-1-5-21(13-18)20-7-10-27-11-8-20/h1-8,10-11,13-14H,9,12,15-17H2,(H2,26,29). The largest absolute Gasteiger partial charge is 0.369 e. The summed E-state index contributed by atoms with van der Waals surface area (Å²) in [5.74, 6) is -0.510. The van der Waals surface area contributed by atoms with E-state index in [0.717, 1.165) is 28.8 Å². The molecule has 2 aromatic carbocycles. The average molecular weight is 389 g/mol. The van der Waals surface area contributed by atoms with Gasteiger partial charge in [-0.15, -0.1) is 0 Å². The van der Waals surface area contributed by atoms with E-state index >= 15 is 0 Å². The van der Waals surface area contributed by atoms with E-state index in [1.54, 1.807) is 24.5 Å². The number of carbonyl (C=O) groups excluding carboxylic acids is 1. The normalized spacial score (nSPS) is 19.3. The minimum atomic E-state index is -0.607. The molecule has 3 aromatic rings. The molecule has 1 aliphatic rings. The Morgan fingerprint density at radius 1 is 1.03 bits per heavy atom. The summed E-state index contributed by atoms with van der Waals surface area (Å²) in [6.45, 7) is 1.96. The number of aromatic nitrogens is 1. The maximum atomic E-state index is 13.5. The van der Waals surface area contributed by atoms with Gasteiger partial charge in [-0.25, -0.2) is 4.39 Å². The lowest BCUT2D eigenvalue weighted by molar-refractivity contribution is -0.127. The lowest BCUT2D eigenvalue weighted by atomic mass is 9.79. The first-order chi connectivity index (χ1) is 14.0. The molecule has 1 aliphatic heterocycles. The number of rotatable bonds is 6. The van der Waals surface area contributed by atoms with E-state index in [1.165, 1.54) is 6.07 Å². The van der Waals surface area contributed by atoms with Gasteiger partial charge in [0, 0.05) is 25.5 Å². The summed E-state index contributed by atoms with van der Waals surface area (Å²) in [6, 6.07) is 18.8. The molecule has 2 heterocycles. The summed E-state index contributed by atoms with van der Waals surface area (Å²) < 4.78 is 13.5. The van der Waals surface area contributed by atoms with Crippen LogP contribution in [0, 0.1) is 11.2 Å². The molecular weight excluding hydrogens is 365 g/mol. The first-order valence-corrected chi connectivity index (χ1v) is 9.80. The number of hydrogen-bond acceptors (Lipinski definition) is 3. The quantitative estimate of drug-likeness (QED) is 0.697. The van der Waals surface area contributed by atoms with E-state index in [2.05, 4.69) is 22.0 Å². The highest BCUT2D eigenvalue weighted by Gasteiger charge is 2.43. The highest BCUT2D eigenvalue weighted by atomic mass is 19.1. The summed E-state index contributed by atoms with van der Waals surface area (Å²) >= 11 is 0. The van der Waals surface area contributed by atoms with Crippen LogP contribution >= 0.6 is 0 Å². The van der Waals surface area contributed by atoms with Gasteiger partial charge in [0.2, 0.25) is 5.91 Å². The second-order valence-corrected chi connectivity index (χ2v) is 7.85. The van der Waals surface area contributed by atoms with Crippen LogP contribution in [0.5, 0.6) is 0 Å². The average Bonchev–Trinajstić information content (AvgIpc) is 3.13. The van der Waals surface area contributed by atoms with Crippen molar-refractivity contribution in [2.75, 3.05) is 13.1 Å². The Morgan fingerprint density at radius 2 is 1.79 bits per heavy atom. The smallest absolute Gasteiger partial charge is 0.225 e. The number of nitrogens with zero attached hydrogens (tertiary/aromatic N) is 2. The third kappa shape index (κ3) is 4.35. The van der Waals surface area contributed by atoms with Crippen molar-refractivity contribution in [1.29, 1.82) is 0 Å². The summed E-state index contributed by atoms with van der Waals surface area (Å²) in [4.78, 5) is 18.7. The zero-order valence-electron chi connectivity index (χ0n) is 16.2. The number of carbonyl (C=O) groups is 1. The molecule has 4 nitrogen and oxygen atoms in total. The Labute approximate surface area is 170 Å². The van der Waals surface area contributed by atoms with Crippen LogP contribution in [-0.2, 0) is 17.8 Å². The van der Waals surface area contributed by atoms with Crippen LogP contribution in [0.2, 0.25) is 0 Å². The number of primary amides is 1. The Kier molecular flexibility index (Phi) is 5.41. The highest BCUT2D eigenvalue weighted by Crippen LogP contribution is 2.35. The van der Waals surface area contributed by atoms with Crippen molar-refractivity contribution in [2.24, 2.45) is 11.1 Å². The molecule has 0 radical (unpaired) electrons. The Morgan fingerprint density at radius 3 is 2.55 bits per heavy atom. The molecule has 0 spiro atoms. The van der Waals surface area contributed by atoms with E-state index in [4.69, 9.17) is 5.73 Å². The fraction of sp³-hybridized carbons (Fsp3) is 0.250. The van der Waals surface area contributed by atoms with E-state index in [-0.39, 0.29) is 11.7 Å². The van der Waals surface area contributed by atoms with Crippen molar-refractivity contribution >= 4 is 5.91 Å². The Hall–Kier alpha value is -3.05. The second kappa shape index (κ2) is 8.13. The topological polar surface area (TPSA) is 59.2 Å². The maximum Gasteiger partial charge on any atom is 0.225 e. The third-order valence-corrected chi connectivity index (χ3v) is 5.73. The molecule has 5 heteroatoms. The van der Waals surface area contributed by atoms with Gasteiger partial charge in [-0.1, -0.05) is 36.4 Å². The third-order valence-electron chi connectivity index (χ3n) is 5.73. The summed E-state index contributed by atoms with van der Waals surface area (Å²) in [5.41, 5.74) is 9.45. The van der Waals surface area contributed by atoms with Crippen molar-refractivity contribution in [3.8, 4) is 11.1 Å². The molecule has 0 saturated carbocycles. The summed E-state index contributed by atoms with van der Waals surface area (Å²) in [7, 11) is 0. The fourth-order valence-corrected chi connectivity index (χ4v) is 4.22. The molecule has 4 rings (SSSR count). The molecule has 2 N–H and O–H groups in total. The van der Waals surface area contributed by atoms with Crippen molar-refractivity contribution in [3.63, 3.8) is 0 Å². The number of likely N-dealkylation sites (tertiary alicyclic amines) is 1. The monoisotopic (exact) mass is 389 g/mol. The van der Waals surface area contributed by atoms with E-state index in [1.807, 2.05) is 30.3 Å². The van der Waals surface area contributed by atoms with Gasteiger partial charge in [-0.2, -0.15) is 0 Å². The van der Waals surface area contributed by atoms with E-state index < -0.39 is 5.41 Å². The zero-order valence-corrected chi connectivity index (χ0v) is 16.2. The zero-order chi connectivity index (χ0) is 20.3. The van der Waals surface area contributed by atoms with Crippen LogP contribution in [0.15, 0.2) is 73.1 Å². The predicted molar refractivity (Wildman–Crippen MR) is 111 cm³/mol. The van der Waals surface area contributed by atoms with Gasteiger partial charge in [0.05, 0.1) is 5.41 Å². The van der Waals surface area contributed by atoms with Gasteiger partial charge in [-0.05, 0) is 65.9 Å². The van der Waals surface area contributed by atoms with E-state index in [9.17, 15) is 9.18 Å².